The Bertz CT molecular complexity index is 1370. The number of aryl methyl sites for hydroxylation is 4. The third-order valence-electron chi connectivity index (χ3n) is 6.01. The van der Waals surface area contributed by atoms with Crippen LogP contribution in [-0.2, 0) is 24.4 Å². The summed E-state index contributed by atoms with van der Waals surface area (Å²) in [6.07, 6.45) is 0. The van der Waals surface area contributed by atoms with Gasteiger partial charge in [0.2, 0.25) is 5.89 Å². The minimum absolute atomic E-state index is 0.573. The van der Waals surface area contributed by atoms with Gasteiger partial charge in [0, 0.05) is 18.7 Å². The van der Waals surface area contributed by atoms with E-state index in [1.165, 1.54) is 0 Å². The summed E-state index contributed by atoms with van der Waals surface area (Å²) in [5, 5.41) is 19.8. The zero-order valence-electron chi connectivity index (χ0n) is 22.0. The molecule has 1 N–H and O–H groups in total. The van der Waals surface area contributed by atoms with E-state index < -0.39 is 11.6 Å². The molecule has 9 heteroatoms. The molecular formula is C28H32N4O4S. The Morgan fingerprint density at radius 1 is 1.03 bits per heavy atom. The molecule has 0 unspecified atom stereocenters. The summed E-state index contributed by atoms with van der Waals surface area (Å²) in [4.78, 5) is 18.6. The van der Waals surface area contributed by atoms with Crippen LogP contribution in [0.5, 0.6) is 5.75 Å². The van der Waals surface area contributed by atoms with Crippen LogP contribution >= 0.6 is 11.3 Å². The number of ether oxygens (including phenoxy) is 1. The van der Waals surface area contributed by atoms with Crippen molar-refractivity contribution < 1.29 is 19.1 Å². The molecule has 0 saturated heterocycles. The van der Waals surface area contributed by atoms with Gasteiger partial charge in [-0.1, -0.05) is 30.3 Å². The van der Waals surface area contributed by atoms with Gasteiger partial charge in [0.05, 0.1) is 12.2 Å². The second kappa shape index (κ2) is 10.8. The molecule has 0 aliphatic carbocycles. The number of carboxylic acids is 1. The van der Waals surface area contributed by atoms with Crippen LogP contribution < -0.4 is 4.74 Å². The number of aromatic nitrogens is 3. The van der Waals surface area contributed by atoms with Crippen molar-refractivity contribution >= 4 is 17.3 Å². The summed E-state index contributed by atoms with van der Waals surface area (Å²) in [6, 6.07) is 14.0. The molecule has 2 aromatic heterocycles. The molecule has 2 aromatic carbocycles. The highest BCUT2D eigenvalue weighted by Crippen LogP contribution is 2.30. The van der Waals surface area contributed by atoms with Crippen LogP contribution in [0.1, 0.15) is 52.0 Å². The van der Waals surface area contributed by atoms with Crippen molar-refractivity contribution in [3.05, 3.63) is 80.6 Å². The standard InChI is InChI=1S/C28H32N4O4S/c1-17-12-21(13-18(2)25(17)36-28(5,6)27(33)34)14-32(16-24-31-30-20(4)37-24)15-23-19(3)35-26(29-23)22-10-8-7-9-11-22/h7-13H,14-16H2,1-6H3,(H,33,34). The van der Waals surface area contributed by atoms with Crippen molar-refractivity contribution in [1.82, 2.24) is 20.1 Å². The van der Waals surface area contributed by atoms with Crippen LogP contribution in [0.3, 0.4) is 0 Å². The number of carbonyl (C=O) groups is 1. The zero-order valence-corrected chi connectivity index (χ0v) is 22.8. The molecule has 194 valence electrons. The van der Waals surface area contributed by atoms with Gasteiger partial charge in [-0.25, -0.2) is 9.78 Å². The Morgan fingerprint density at radius 3 is 2.30 bits per heavy atom. The molecule has 0 amide bonds. The Kier molecular flexibility index (Phi) is 7.75. The molecule has 0 spiro atoms. The van der Waals surface area contributed by atoms with Gasteiger partial charge in [-0.15, -0.1) is 21.5 Å². The van der Waals surface area contributed by atoms with E-state index in [9.17, 15) is 9.90 Å². The van der Waals surface area contributed by atoms with Gasteiger partial charge in [0.25, 0.3) is 0 Å². The average molecular weight is 521 g/mol. The van der Waals surface area contributed by atoms with Gasteiger partial charge >= 0.3 is 5.97 Å². The number of hydrogen-bond acceptors (Lipinski definition) is 8. The fourth-order valence-electron chi connectivity index (χ4n) is 4.10. The number of hydrogen-bond donors (Lipinski definition) is 1. The second-order valence-electron chi connectivity index (χ2n) is 9.72. The smallest absolute Gasteiger partial charge is 0.347 e. The Morgan fingerprint density at radius 2 is 1.70 bits per heavy atom. The molecule has 0 fully saturated rings. The third kappa shape index (κ3) is 6.42. The van der Waals surface area contributed by atoms with E-state index in [1.54, 1.807) is 25.2 Å². The van der Waals surface area contributed by atoms with E-state index in [4.69, 9.17) is 14.1 Å². The van der Waals surface area contributed by atoms with Gasteiger partial charge in [0.15, 0.2) is 5.60 Å². The number of aliphatic carboxylic acids is 1. The molecule has 0 atom stereocenters. The summed E-state index contributed by atoms with van der Waals surface area (Å²) < 4.78 is 11.9. The van der Waals surface area contributed by atoms with Crippen molar-refractivity contribution in [2.24, 2.45) is 0 Å². The van der Waals surface area contributed by atoms with Crippen LogP contribution in [0.25, 0.3) is 11.5 Å². The SMILES string of the molecule is Cc1nnc(CN(Cc2cc(C)c(OC(C)(C)C(=O)O)c(C)c2)Cc2nc(-c3ccccc3)oc2C)s1. The highest BCUT2D eigenvalue weighted by molar-refractivity contribution is 7.11. The lowest BCUT2D eigenvalue weighted by molar-refractivity contribution is -0.152. The molecule has 4 aromatic rings. The van der Waals surface area contributed by atoms with E-state index in [2.05, 4.69) is 15.1 Å². The molecule has 0 radical (unpaired) electrons. The van der Waals surface area contributed by atoms with E-state index in [0.717, 1.165) is 43.7 Å². The maximum Gasteiger partial charge on any atom is 0.347 e. The van der Waals surface area contributed by atoms with Crippen LogP contribution in [0.15, 0.2) is 46.9 Å². The molecule has 2 heterocycles. The van der Waals surface area contributed by atoms with Crippen LogP contribution in [0.2, 0.25) is 0 Å². The van der Waals surface area contributed by atoms with Crippen LogP contribution in [0.4, 0.5) is 0 Å². The molecule has 37 heavy (non-hydrogen) atoms. The fourth-order valence-corrected chi connectivity index (χ4v) is 4.85. The lowest BCUT2D eigenvalue weighted by Gasteiger charge is -2.25. The zero-order chi connectivity index (χ0) is 26.7. The van der Waals surface area contributed by atoms with Crippen molar-refractivity contribution in [2.75, 3.05) is 0 Å². The predicted octanol–water partition coefficient (Wildman–Crippen LogP) is 5.87. The first-order valence-corrected chi connectivity index (χ1v) is 12.9. The number of rotatable bonds is 10. The summed E-state index contributed by atoms with van der Waals surface area (Å²) >= 11 is 1.58. The lowest BCUT2D eigenvalue weighted by atomic mass is 10.0. The Hall–Kier alpha value is -3.56. The summed E-state index contributed by atoms with van der Waals surface area (Å²) in [5.74, 6) is 0.979. The van der Waals surface area contributed by atoms with Crippen LogP contribution in [-0.4, -0.2) is 36.8 Å². The lowest BCUT2D eigenvalue weighted by Crippen LogP contribution is -2.38. The molecule has 4 rings (SSSR count). The van der Waals surface area contributed by atoms with Gasteiger partial charge in [-0.2, -0.15) is 0 Å². The van der Waals surface area contributed by atoms with E-state index in [1.807, 2.05) is 70.2 Å². The van der Waals surface area contributed by atoms with E-state index in [0.29, 0.717) is 31.3 Å². The Balaban J connectivity index is 1.60. The molecule has 0 aliphatic heterocycles. The molecule has 0 aliphatic rings. The van der Waals surface area contributed by atoms with Crippen molar-refractivity contribution in [1.29, 1.82) is 0 Å². The van der Waals surface area contributed by atoms with Crippen molar-refractivity contribution in [2.45, 2.75) is 66.8 Å². The monoisotopic (exact) mass is 520 g/mol. The molecule has 0 bridgehead atoms. The molecular weight excluding hydrogens is 488 g/mol. The second-order valence-corrected chi connectivity index (χ2v) is 11.0. The molecule has 0 saturated carbocycles. The molecule has 8 nitrogen and oxygen atoms in total. The first-order valence-electron chi connectivity index (χ1n) is 12.1. The van der Waals surface area contributed by atoms with Crippen LogP contribution in [0, 0.1) is 27.7 Å². The highest BCUT2D eigenvalue weighted by atomic mass is 32.1. The normalized spacial score (nSPS) is 11.8. The number of benzene rings is 2. The fraction of sp³-hybridized carbons (Fsp3) is 0.357. The summed E-state index contributed by atoms with van der Waals surface area (Å²) in [6.45, 7) is 12.7. The number of nitrogens with zero attached hydrogens (tertiary/aromatic N) is 4. The van der Waals surface area contributed by atoms with Crippen molar-refractivity contribution in [3.8, 4) is 17.2 Å². The van der Waals surface area contributed by atoms with E-state index >= 15 is 0 Å². The third-order valence-corrected chi connectivity index (χ3v) is 6.84. The predicted molar refractivity (Wildman–Crippen MR) is 143 cm³/mol. The van der Waals surface area contributed by atoms with Gasteiger partial charge < -0.3 is 14.3 Å². The maximum absolute atomic E-state index is 11.6. The topological polar surface area (TPSA) is 102 Å². The maximum atomic E-state index is 11.6. The van der Waals surface area contributed by atoms with E-state index in [-0.39, 0.29) is 0 Å². The minimum Gasteiger partial charge on any atom is -0.478 e. The summed E-state index contributed by atoms with van der Waals surface area (Å²) in [5.41, 5.74) is 3.35. The first kappa shape index (κ1) is 26.5. The minimum atomic E-state index is -1.32. The number of carboxylic acid groups (broad SMARTS) is 1. The van der Waals surface area contributed by atoms with Crippen molar-refractivity contribution in [3.63, 3.8) is 0 Å². The van der Waals surface area contributed by atoms with Gasteiger partial charge in [-0.05, 0) is 70.4 Å². The van der Waals surface area contributed by atoms with Gasteiger partial charge in [0.1, 0.15) is 21.5 Å². The first-order chi connectivity index (χ1) is 17.5. The summed E-state index contributed by atoms with van der Waals surface area (Å²) in [7, 11) is 0. The highest BCUT2D eigenvalue weighted by Gasteiger charge is 2.30. The largest absolute Gasteiger partial charge is 0.478 e. The quantitative estimate of drug-likeness (QED) is 0.277. The average Bonchev–Trinajstić information content (AvgIpc) is 3.41. The van der Waals surface area contributed by atoms with Gasteiger partial charge in [-0.3, -0.25) is 4.90 Å². The Labute approximate surface area is 221 Å². The number of oxazole rings is 1.